The van der Waals surface area contributed by atoms with Gasteiger partial charge in [-0.3, -0.25) is 9.79 Å². The Kier molecular flexibility index (Phi) is 5.59. The van der Waals surface area contributed by atoms with Crippen LogP contribution in [0.15, 0.2) is 58.4 Å². The number of esters is 1. The van der Waals surface area contributed by atoms with Crippen molar-refractivity contribution in [3.8, 4) is 0 Å². The van der Waals surface area contributed by atoms with Crippen LogP contribution in [-0.4, -0.2) is 56.2 Å². The molecule has 2 aromatic carbocycles. The van der Waals surface area contributed by atoms with Crippen molar-refractivity contribution in [3.05, 3.63) is 64.7 Å². The third kappa shape index (κ3) is 3.96. The lowest BCUT2D eigenvalue weighted by Gasteiger charge is -2.36. The molecule has 1 saturated heterocycles. The maximum absolute atomic E-state index is 13.2. The maximum atomic E-state index is 13.2. The average Bonchev–Trinajstić information content (AvgIpc) is 3.09. The first-order chi connectivity index (χ1) is 14.8. The number of carbonyl (C=O) groups is 2. The Hall–Kier alpha value is -2.75. The molecule has 31 heavy (non-hydrogen) atoms. The van der Waals surface area contributed by atoms with E-state index in [4.69, 9.17) is 16.3 Å². The molecule has 2 heterocycles. The number of ether oxygens (including phenoxy) is 1. The van der Waals surface area contributed by atoms with Crippen LogP contribution in [0.25, 0.3) is 0 Å². The summed E-state index contributed by atoms with van der Waals surface area (Å²) in [4.78, 5) is 29.1. The van der Waals surface area contributed by atoms with E-state index in [0.29, 0.717) is 23.4 Å². The van der Waals surface area contributed by atoms with E-state index in [1.807, 2.05) is 0 Å². The lowest BCUT2D eigenvalue weighted by Crippen LogP contribution is -2.52. The van der Waals surface area contributed by atoms with Crippen LogP contribution in [0, 0.1) is 0 Å². The molecule has 8 nitrogen and oxygen atoms in total. The Balaban J connectivity index is 1.57. The number of aliphatic imine (C=N–C) groups is 1. The standard InChI is InChI=1S/C21H20ClN3O5S/c1-30-20(27)16-7-2-3-8-17(16)31(28,29)25-11-9-21(10-12-25)23-18(19(26)24-21)14-5-4-6-15(22)13-14/h2-8,13H,9-12H2,1H3,(H,24,26). The lowest BCUT2D eigenvalue weighted by atomic mass is 10.00. The highest BCUT2D eigenvalue weighted by atomic mass is 35.5. The highest BCUT2D eigenvalue weighted by Gasteiger charge is 2.44. The molecule has 1 N–H and O–H groups in total. The smallest absolute Gasteiger partial charge is 0.339 e. The van der Waals surface area contributed by atoms with Gasteiger partial charge in [-0.15, -0.1) is 0 Å². The van der Waals surface area contributed by atoms with E-state index in [1.165, 1.54) is 23.5 Å². The second-order valence-corrected chi connectivity index (χ2v) is 9.69. The number of methoxy groups -OCH3 is 1. The van der Waals surface area contributed by atoms with Gasteiger partial charge in [-0.1, -0.05) is 35.9 Å². The molecular formula is C21H20ClN3O5S. The largest absolute Gasteiger partial charge is 0.465 e. The molecule has 1 amide bonds. The number of rotatable bonds is 4. The molecule has 2 aliphatic rings. The zero-order valence-electron chi connectivity index (χ0n) is 16.7. The van der Waals surface area contributed by atoms with Gasteiger partial charge in [0.05, 0.1) is 17.6 Å². The molecule has 4 rings (SSSR count). The maximum Gasteiger partial charge on any atom is 0.339 e. The predicted molar refractivity (Wildman–Crippen MR) is 115 cm³/mol. The number of carbonyl (C=O) groups excluding carboxylic acids is 2. The van der Waals surface area contributed by atoms with Gasteiger partial charge in [-0.05, 0) is 24.3 Å². The highest BCUT2D eigenvalue weighted by molar-refractivity contribution is 7.89. The summed E-state index contributed by atoms with van der Waals surface area (Å²) in [5.74, 6) is -1.03. The number of amides is 1. The van der Waals surface area contributed by atoms with Gasteiger partial charge in [0.2, 0.25) is 10.0 Å². The zero-order valence-corrected chi connectivity index (χ0v) is 18.2. The molecule has 0 atom stereocenters. The Morgan fingerprint density at radius 3 is 2.55 bits per heavy atom. The summed E-state index contributed by atoms with van der Waals surface area (Å²) in [7, 11) is -2.72. The van der Waals surface area contributed by atoms with Crippen LogP contribution in [0.5, 0.6) is 0 Å². The van der Waals surface area contributed by atoms with Crippen molar-refractivity contribution in [2.45, 2.75) is 23.4 Å². The minimum Gasteiger partial charge on any atom is -0.465 e. The van der Waals surface area contributed by atoms with Crippen molar-refractivity contribution in [2.75, 3.05) is 20.2 Å². The van der Waals surface area contributed by atoms with Crippen molar-refractivity contribution in [2.24, 2.45) is 4.99 Å². The first-order valence-electron chi connectivity index (χ1n) is 9.62. The van der Waals surface area contributed by atoms with Crippen molar-refractivity contribution in [3.63, 3.8) is 0 Å². The normalized spacial score (nSPS) is 18.5. The summed E-state index contributed by atoms with van der Waals surface area (Å²) in [6.45, 7) is 0.287. The van der Waals surface area contributed by atoms with Crippen molar-refractivity contribution < 1.29 is 22.7 Å². The summed E-state index contributed by atoms with van der Waals surface area (Å²) in [5, 5.41) is 3.41. The zero-order chi connectivity index (χ0) is 22.2. The summed E-state index contributed by atoms with van der Waals surface area (Å²) in [5.41, 5.74) is 0.0299. The van der Waals surface area contributed by atoms with Crippen LogP contribution in [0.1, 0.15) is 28.8 Å². The van der Waals surface area contributed by atoms with Crippen LogP contribution in [0.3, 0.4) is 0 Å². The van der Waals surface area contributed by atoms with Gasteiger partial charge in [-0.25, -0.2) is 13.2 Å². The molecule has 0 aromatic heterocycles. The predicted octanol–water partition coefficient (Wildman–Crippen LogP) is 2.23. The van der Waals surface area contributed by atoms with E-state index in [-0.39, 0.29) is 35.2 Å². The number of nitrogens with one attached hydrogen (secondary N) is 1. The molecule has 0 saturated carbocycles. The third-order valence-corrected chi connectivity index (χ3v) is 7.64. The van der Waals surface area contributed by atoms with Gasteiger partial charge in [0, 0.05) is 36.5 Å². The SMILES string of the molecule is COC(=O)c1ccccc1S(=O)(=O)N1CCC2(CC1)N=C(c1cccc(Cl)c1)C(=O)N2. The molecule has 2 aliphatic heterocycles. The number of nitrogens with zero attached hydrogens (tertiary/aromatic N) is 2. The number of benzene rings is 2. The van der Waals surface area contributed by atoms with Crippen LogP contribution < -0.4 is 5.32 Å². The Morgan fingerprint density at radius 1 is 1.16 bits per heavy atom. The fraction of sp³-hybridized carbons (Fsp3) is 0.286. The highest BCUT2D eigenvalue weighted by Crippen LogP contribution is 2.32. The fourth-order valence-electron chi connectivity index (χ4n) is 3.84. The first kappa shape index (κ1) is 21.5. The molecule has 10 heteroatoms. The molecule has 162 valence electrons. The van der Waals surface area contributed by atoms with Crippen LogP contribution in [0.2, 0.25) is 5.02 Å². The van der Waals surface area contributed by atoms with Crippen LogP contribution in [-0.2, 0) is 19.6 Å². The first-order valence-corrected chi connectivity index (χ1v) is 11.4. The lowest BCUT2D eigenvalue weighted by molar-refractivity contribution is -0.115. The van der Waals surface area contributed by atoms with Gasteiger partial charge in [0.1, 0.15) is 11.4 Å². The quantitative estimate of drug-likeness (QED) is 0.703. The topological polar surface area (TPSA) is 105 Å². The number of hydrogen-bond acceptors (Lipinski definition) is 6. The van der Waals surface area contributed by atoms with Gasteiger partial charge < -0.3 is 10.1 Å². The summed E-state index contributed by atoms with van der Waals surface area (Å²) >= 11 is 6.03. The van der Waals surface area contributed by atoms with Crippen LogP contribution >= 0.6 is 11.6 Å². The molecular weight excluding hydrogens is 442 g/mol. The second-order valence-electron chi connectivity index (χ2n) is 7.35. The van der Waals surface area contributed by atoms with E-state index in [9.17, 15) is 18.0 Å². The minimum atomic E-state index is -3.92. The molecule has 0 aliphatic carbocycles. The van der Waals surface area contributed by atoms with Crippen molar-refractivity contribution in [1.29, 1.82) is 0 Å². The number of sulfonamides is 1. The Morgan fingerprint density at radius 2 is 1.87 bits per heavy atom. The fourth-order valence-corrected chi connectivity index (χ4v) is 5.65. The van der Waals surface area contributed by atoms with E-state index in [0.717, 1.165) is 0 Å². The molecule has 0 radical (unpaired) electrons. The van der Waals surface area contributed by atoms with Gasteiger partial charge in [0.15, 0.2) is 0 Å². The Labute approximate surface area is 184 Å². The van der Waals surface area contributed by atoms with E-state index in [1.54, 1.807) is 36.4 Å². The second kappa shape index (κ2) is 8.07. The molecule has 1 fully saturated rings. The van der Waals surface area contributed by atoms with Gasteiger partial charge in [-0.2, -0.15) is 4.31 Å². The van der Waals surface area contributed by atoms with E-state index in [2.05, 4.69) is 10.3 Å². The Bertz CT molecular complexity index is 1190. The summed E-state index contributed by atoms with van der Waals surface area (Å²) < 4.78 is 32.4. The average molecular weight is 462 g/mol. The monoisotopic (exact) mass is 461 g/mol. The van der Waals surface area contributed by atoms with Gasteiger partial charge in [0.25, 0.3) is 5.91 Å². The van der Waals surface area contributed by atoms with E-state index < -0.39 is 21.7 Å². The number of halogens is 1. The number of hydrogen-bond donors (Lipinski definition) is 1. The van der Waals surface area contributed by atoms with Crippen LogP contribution in [0.4, 0.5) is 0 Å². The van der Waals surface area contributed by atoms with Gasteiger partial charge >= 0.3 is 5.97 Å². The van der Waals surface area contributed by atoms with Crippen molar-refractivity contribution in [1.82, 2.24) is 9.62 Å². The molecule has 1 spiro atoms. The molecule has 2 aromatic rings. The molecule has 0 unspecified atom stereocenters. The summed E-state index contributed by atoms with van der Waals surface area (Å²) in [6, 6.07) is 12.8. The molecule has 0 bridgehead atoms. The number of piperidine rings is 1. The summed E-state index contributed by atoms with van der Waals surface area (Å²) in [6.07, 6.45) is 0.616. The van der Waals surface area contributed by atoms with Crippen molar-refractivity contribution >= 4 is 39.2 Å². The van der Waals surface area contributed by atoms with E-state index >= 15 is 0 Å². The minimum absolute atomic E-state index is 0.0132. The third-order valence-electron chi connectivity index (χ3n) is 5.44.